The van der Waals surface area contributed by atoms with E-state index < -0.39 is 0 Å². The van der Waals surface area contributed by atoms with Crippen LogP contribution in [0.1, 0.15) is 34.1 Å². The first kappa shape index (κ1) is 23.0. The number of aryl methyl sites for hydroxylation is 1. The van der Waals surface area contributed by atoms with E-state index in [1.165, 1.54) is 6.92 Å². The highest BCUT2D eigenvalue weighted by molar-refractivity contribution is 6.30. The van der Waals surface area contributed by atoms with Crippen molar-refractivity contribution in [2.24, 2.45) is 4.99 Å². The summed E-state index contributed by atoms with van der Waals surface area (Å²) in [6.07, 6.45) is 1.70. The third-order valence-electron chi connectivity index (χ3n) is 4.56. The zero-order chi connectivity index (χ0) is 22.9. The number of halogens is 1. The van der Waals surface area contributed by atoms with Gasteiger partial charge < -0.3 is 10.6 Å². The van der Waals surface area contributed by atoms with Crippen LogP contribution in [0, 0.1) is 6.92 Å². The molecule has 1 aromatic heterocycles. The first-order valence-corrected chi connectivity index (χ1v) is 10.4. The van der Waals surface area contributed by atoms with Gasteiger partial charge in [-0.3, -0.25) is 19.9 Å². The number of amides is 2. The Morgan fingerprint density at radius 1 is 1.06 bits per heavy atom. The zero-order valence-electron chi connectivity index (χ0n) is 17.9. The topological polar surface area (TPSA) is 95.5 Å². The van der Waals surface area contributed by atoms with Crippen molar-refractivity contribution in [2.75, 3.05) is 5.32 Å². The maximum Gasteiger partial charge on any atom is 0.257 e. The lowest BCUT2D eigenvalue weighted by Gasteiger charge is -2.14. The van der Waals surface area contributed by atoms with Gasteiger partial charge in [-0.15, -0.1) is 0 Å². The summed E-state index contributed by atoms with van der Waals surface area (Å²) in [5, 5.41) is 9.36. The molecule has 0 aliphatic carbocycles. The number of carbonyl (C=O) groups is 2. The van der Waals surface area contributed by atoms with Crippen LogP contribution in [-0.2, 0) is 17.9 Å². The number of anilines is 1. The number of benzene rings is 2. The second-order valence-corrected chi connectivity index (χ2v) is 7.57. The SMILES string of the molecule is CC(=O)NCc1ccc(C(=O)NC(=NCc2ccccn2)Nc2ccc(Cl)cc2C)cc1. The number of aromatic nitrogens is 1. The van der Waals surface area contributed by atoms with E-state index in [9.17, 15) is 9.59 Å². The predicted molar refractivity (Wildman–Crippen MR) is 127 cm³/mol. The standard InChI is InChI=1S/C24H24ClN5O2/c1-16-13-20(25)10-11-22(16)29-24(28-15-21-5-3-4-12-26-21)30-23(32)19-8-6-18(7-9-19)14-27-17(2)31/h3-13H,14-15H2,1-2H3,(H,27,31)(H2,28,29,30,32). The third kappa shape index (κ3) is 6.92. The molecule has 0 spiro atoms. The van der Waals surface area contributed by atoms with E-state index in [2.05, 4.69) is 25.9 Å². The van der Waals surface area contributed by atoms with E-state index in [0.717, 1.165) is 22.5 Å². The maximum absolute atomic E-state index is 12.8. The van der Waals surface area contributed by atoms with Gasteiger partial charge in [-0.25, -0.2) is 4.99 Å². The van der Waals surface area contributed by atoms with Gasteiger partial charge in [0.1, 0.15) is 0 Å². The van der Waals surface area contributed by atoms with Crippen molar-refractivity contribution in [3.05, 3.63) is 94.3 Å². The molecule has 3 aromatic rings. The average Bonchev–Trinajstić information content (AvgIpc) is 2.78. The van der Waals surface area contributed by atoms with Gasteiger partial charge in [0.05, 0.1) is 12.2 Å². The van der Waals surface area contributed by atoms with Gasteiger partial charge in [0.25, 0.3) is 5.91 Å². The normalized spacial score (nSPS) is 11.0. The van der Waals surface area contributed by atoms with Crippen LogP contribution in [0.15, 0.2) is 71.9 Å². The number of nitrogens with zero attached hydrogens (tertiary/aromatic N) is 2. The molecular formula is C24H24ClN5O2. The highest BCUT2D eigenvalue weighted by Gasteiger charge is 2.11. The van der Waals surface area contributed by atoms with Crippen LogP contribution in [0.3, 0.4) is 0 Å². The van der Waals surface area contributed by atoms with Crippen LogP contribution in [0.4, 0.5) is 5.69 Å². The smallest absolute Gasteiger partial charge is 0.257 e. The first-order chi connectivity index (χ1) is 15.4. The van der Waals surface area contributed by atoms with Crippen molar-refractivity contribution in [1.29, 1.82) is 0 Å². The second kappa shape index (κ2) is 11.1. The molecule has 0 aliphatic rings. The minimum atomic E-state index is -0.310. The minimum absolute atomic E-state index is 0.107. The Bertz CT molecular complexity index is 1110. The maximum atomic E-state index is 12.8. The van der Waals surface area contributed by atoms with Crippen LogP contribution in [-0.4, -0.2) is 22.8 Å². The summed E-state index contributed by atoms with van der Waals surface area (Å²) < 4.78 is 0. The Morgan fingerprint density at radius 3 is 2.50 bits per heavy atom. The lowest BCUT2D eigenvalue weighted by molar-refractivity contribution is -0.119. The fourth-order valence-corrected chi connectivity index (χ4v) is 3.06. The Hall–Kier alpha value is -3.71. The van der Waals surface area contributed by atoms with Gasteiger partial charge in [-0.2, -0.15) is 0 Å². The van der Waals surface area contributed by atoms with Crippen molar-refractivity contribution in [3.8, 4) is 0 Å². The molecule has 32 heavy (non-hydrogen) atoms. The summed E-state index contributed by atoms with van der Waals surface area (Å²) in [5.74, 6) is -0.118. The lowest BCUT2D eigenvalue weighted by Crippen LogP contribution is -2.36. The fraction of sp³-hybridized carbons (Fsp3) is 0.167. The van der Waals surface area contributed by atoms with Crippen molar-refractivity contribution in [1.82, 2.24) is 15.6 Å². The van der Waals surface area contributed by atoms with Crippen molar-refractivity contribution < 1.29 is 9.59 Å². The van der Waals surface area contributed by atoms with E-state index in [0.29, 0.717) is 29.6 Å². The van der Waals surface area contributed by atoms with E-state index in [1.54, 1.807) is 36.5 Å². The quantitative estimate of drug-likeness (QED) is 0.390. The van der Waals surface area contributed by atoms with Crippen LogP contribution >= 0.6 is 11.6 Å². The predicted octanol–water partition coefficient (Wildman–Crippen LogP) is 4.08. The Labute approximate surface area is 191 Å². The number of guanidine groups is 1. The van der Waals surface area contributed by atoms with Gasteiger partial charge in [0, 0.05) is 35.9 Å². The first-order valence-electron chi connectivity index (χ1n) is 10.0. The molecule has 2 aromatic carbocycles. The van der Waals surface area contributed by atoms with Crippen LogP contribution in [0.25, 0.3) is 0 Å². The fourth-order valence-electron chi connectivity index (χ4n) is 2.84. The van der Waals surface area contributed by atoms with Crippen molar-refractivity contribution in [3.63, 3.8) is 0 Å². The molecule has 7 nitrogen and oxygen atoms in total. The lowest BCUT2D eigenvalue weighted by atomic mass is 10.1. The summed E-state index contributed by atoms with van der Waals surface area (Å²) in [6.45, 7) is 4.08. The van der Waals surface area contributed by atoms with Crippen molar-refractivity contribution >= 4 is 35.1 Å². The molecule has 164 valence electrons. The average molecular weight is 450 g/mol. The molecule has 0 radical (unpaired) electrons. The highest BCUT2D eigenvalue weighted by Crippen LogP contribution is 2.19. The number of carbonyl (C=O) groups excluding carboxylic acids is 2. The molecule has 0 aliphatic heterocycles. The van der Waals surface area contributed by atoms with Gasteiger partial charge in [0.2, 0.25) is 11.9 Å². The highest BCUT2D eigenvalue weighted by atomic mass is 35.5. The van der Waals surface area contributed by atoms with E-state index >= 15 is 0 Å². The number of pyridine rings is 1. The van der Waals surface area contributed by atoms with E-state index in [-0.39, 0.29) is 11.8 Å². The largest absolute Gasteiger partial charge is 0.352 e. The van der Waals surface area contributed by atoms with Crippen LogP contribution in [0.5, 0.6) is 0 Å². The molecule has 1 heterocycles. The summed E-state index contributed by atoms with van der Waals surface area (Å²) in [7, 11) is 0. The molecule has 0 atom stereocenters. The molecule has 0 fully saturated rings. The minimum Gasteiger partial charge on any atom is -0.352 e. The van der Waals surface area contributed by atoms with Gasteiger partial charge in [-0.05, 0) is 60.5 Å². The van der Waals surface area contributed by atoms with Crippen LogP contribution in [0.2, 0.25) is 5.02 Å². The number of rotatable bonds is 6. The van der Waals surface area contributed by atoms with Crippen LogP contribution < -0.4 is 16.0 Å². The van der Waals surface area contributed by atoms with Crippen molar-refractivity contribution in [2.45, 2.75) is 26.9 Å². The Morgan fingerprint density at radius 2 is 1.84 bits per heavy atom. The molecule has 0 saturated carbocycles. The monoisotopic (exact) mass is 449 g/mol. The van der Waals surface area contributed by atoms with Gasteiger partial charge in [-0.1, -0.05) is 29.8 Å². The van der Waals surface area contributed by atoms with E-state index in [4.69, 9.17) is 11.6 Å². The molecular weight excluding hydrogens is 426 g/mol. The number of nitrogens with one attached hydrogen (secondary N) is 3. The third-order valence-corrected chi connectivity index (χ3v) is 4.79. The zero-order valence-corrected chi connectivity index (χ0v) is 18.6. The number of hydrogen-bond acceptors (Lipinski definition) is 4. The Balaban J connectivity index is 1.76. The van der Waals surface area contributed by atoms with E-state index in [1.807, 2.05) is 37.3 Å². The summed E-state index contributed by atoms with van der Waals surface area (Å²) >= 11 is 6.05. The number of hydrogen-bond donors (Lipinski definition) is 3. The number of aliphatic imine (C=N–C) groups is 1. The molecule has 0 bridgehead atoms. The summed E-state index contributed by atoms with van der Waals surface area (Å²) in [5.41, 5.74) is 3.84. The van der Waals surface area contributed by atoms with Gasteiger partial charge >= 0.3 is 0 Å². The molecule has 0 unspecified atom stereocenters. The molecule has 8 heteroatoms. The van der Waals surface area contributed by atoms with Gasteiger partial charge in [0.15, 0.2) is 0 Å². The Kier molecular flexibility index (Phi) is 7.94. The molecule has 0 saturated heterocycles. The summed E-state index contributed by atoms with van der Waals surface area (Å²) in [4.78, 5) is 32.7. The molecule has 3 rings (SSSR count). The summed E-state index contributed by atoms with van der Waals surface area (Å²) in [6, 6.07) is 18.0. The molecule has 2 amide bonds. The second-order valence-electron chi connectivity index (χ2n) is 7.13. The molecule has 3 N–H and O–H groups in total.